The summed E-state index contributed by atoms with van der Waals surface area (Å²) < 4.78 is 14.5. The van der Waals surface area contributed by atoms with Crippen molar-refractivity contribution in [3.05, 3.63) is 34.1 Å². The second-order valence-electron chi connectivity index (χ2n) is 4.04. The van der Waals surface area contributed by atoms with Gasteiger partial charge < -0.3 is 5.73 Å². The van der Waals surface area contributed by atoms with Crippen LogP contribution in [0.2, 0.25) is 0 Å². The quantitative estimate of drug-likeness (QED) is 0.867. The minimum Gasteiger partial charge on any atom is -0.327 e. The molecular weight excluding hydrogens is 245 g/mol. The van der Waals surface area contributed by atoms with E-state index in [1.807, 2.05) is 13.0 Å². The third kappa shape index (κ3) is 1.39. The largest absolute Gasteiger partial charge is 0.327 e. The molecule has 14 heavy (non-hydrogen) atoms. The predicted molar refractivity (Wildman–Crippen MR) is 58.7 cm³/mol. The van der Waals surface area contributed by atoms with Gasteiger partial charge in [-0.25, -0.2) is 4.39 Å². The Hall–Kier alpha value is -0.410. The number of nitrogens with two attached hydrogens (primary N) is 1. The van der Waals surface area contributed by atoms with E-state index in [0.717, 1.165) is 22.9 Å². The van der Waals surface area contributed by atoms with Crippen molar-refractivity contribution in [1.29, 1.82) is 0 Å². The lowest BCUT2D eigenvalue weighted by Gasteiger charge is -2.21. The summed E-state index contributed by atoms with van der Waals surface area (Å²) in [6.45, 7) is 1.95. The van der Waals surface area contributed by atoms with Crippen LogP contribution in [0.4, 0.5) is 4.39 Å². The number of hydrogen-bond donors (Lipinski definition) is 1. The van der Waals surface area contributed by atoms with Crippen LogP contribution in [0.15, 0.2) is 22.7 Å². The van der Waals surface area contributed by atoms with Crippen molar-refractivity contribution in [2.24, 2.45) is 5.73 Å². The molecule has 1 unspecified atom stereocenters. The van der Waals surface area contributed by atoms with Crippen molar-refractivity contribution >= 4 is 15.9 Å². The van der Waals surface area contributed by atoms with Gasteiger partial charge in [-0.2, -0.15) is 0 Å². The summed E-state index contributed by atoms with van der Waals surface area (Å²) in [6.07, 6.45) is 1.98. The summed E-state index contributed by atoms with van der Waals surface area (Å²) in [6, 6.07) is 5.10. The van der Waals surface area contributed by atoms with E-state index in [1.165, 1.54) is 6.07 Å². The van der Waals surface area contributed by atoms with Gasteiger partial charge in [0.15, 0.2) is 0 Å². The van der Waals surface area contributed by atoms with E-state index >= 15 is 0 Å². The minimum absolute atomic E-state index is 0.00991. The fourth-order valence-corrected chi connectivity index (χ4v) is 2.78. The van der Waals surface area contributed by atoms with Crippen molar-refractivity contribution in [2.75, 3.05) is 0 Å². The zero-order chi connectivity index (χ0) is 10.3. The number of rotatable bonds is 2. The highest BCUT2D eigenvalue weighted by Gasteiger charge is 2.49. The zero-order valence-electron chi connectivity index (χ0n) is 8.06. The first-order valence-electron chi connectivity index (χ1n) is 4.78. The van der Waals surface area contributed by atoms with E-state index in [4.69, 9.17) is 5.73 Å². The molecular formula is C11H13BrFN. The molecule has 1 aliphatic carbocycles. The summed E-state index contributed by atoms with van der Waals surface area (Å²) in [5.41, 5.74) is 6.55. The van der Waals surface area contributed by atoms with Gasteiger partial charge in [0.2, 0.25) is 0 Å². The average Bonchev–Trinajstić information content (AvgIpc) is 2.85. The van der Waals surface area contributed by atoms with Crippen LogP contribution in [0.3, 0.4) is 0 Å². The molecule has 0 heterocycles. The smallest absolute Gasteiger partial charge is 0.128 e. The van der Waals surface area contributed by atoms with E-state index in [2.05, 4.69) is 15.9 Å². The molecule has 0 radical (unpaired) electrons. The van der Waals surface area contributed by atoms with Crippen LogP contribution in [0.5, 0.6) is 0 Å². The van der Waals surface area contributed by atoms with Gasteiger partial charge in [0.05, 0.1) is 0 Å². The van der Waals surface area contributed by atoms with E-state index < -0.39 is 0 Å². The highest BCUT2D eigenvalue weighted by Crippen LogP contribution is 2.53. The number of hydrogen-bond acceptors (Lipinski definition) is 1. The Morgan fingerprint density at radius 1 is 1.50 bits per heavy atom. The molecule has 0 spiro atoms. The standard InChI is InChI=1S/C11H13BrFN/c1-7(14)11(5-6-11)10-8(12)3-2-4-9(10)13/h2-4,7H,5-6,14H2,1H3. The molecule has 1 aromatic carbocycles. The van der Waals surface area contributed by atoms with Gasteiger partial charge in [0.25, 0.3) is 0 Å². The van der Waals surface area contributed by atoms with E-state index in [-0.39, 0.29) is 17.3 Å². The fourth-order valence-electron chi connectivity index (χ4n) is 2.04. The maximum absolute atomic E-state index is 13.7. The summed E-state index contributed by atoms with van der Waals surface area (Å²) in [5, 5.41) is 0. The molecule has 1 aromatic rings. The minimum atomic E-state index is -0.144. The van der Waals surface area contributed by atoms with Crippen LogP contribution in [0.25, 0.3) is 0 Å². The van der Waals surface area contributed by atoms with Crippen LogP contribution < -0.4 is 5.73 Å². The second kappa shape index (κ2) is 3.31. The Morgan fingerprint density at radius 2 is 2.14 bits per heavy atom. The molecule has 3 heteroatoms. The molecule has 2 rings (SSSR count). The maximum Gasteiger partial charge on any atom is 0.128 e. The summed E-state index contributed by atoms with van der Waals surface area (Å²) in [7, 11) is 0. The van der Waals surface area contributed by atoms with Crippen LogP contribution >= 0.6 is 15.9 Å². The molecule has 1 fully saturated rings. The molecule has 0 aliphatic heterocycles. The van der Waals surface area contributed by atoms with Gasteiger partial charge in [0.1, 0.15) is 5.82 Å². The first-order valence-corrected chi connectivity index (χ1v) is 5.57. The summed E-state index contributed by atoms with van der Waals surface area (Å²) in [5.74, 6) is -0.144. The van der Waals surface area contributed by atoms with E-state index in [9.17, 15) is 4.39 Å². The third-order valence-corrected chi connectivity index (χ3v) is 3.78. The topological polar surface area (TPSA) is 26.0 Å². The number of halogens is 2. The SMILES string of the molecule is CC(N)C1(c2c(F)cccc2Br)CC1. The lowest BCUT2D eigenvalue weighted by atomic mass is 9.89. The summed E-state index contributed by atoms with van der Waals surface area (Å²) >= 11 is 3.40. The second-order valence-corrected chi connectivity index (χ2v) is 4.90. The highest BCUT2D eigenvalue weighted by molar-refractivity contribution is 9.10. The highest BCUT2D eigenvalue weighted by atomic mass is 79.9. The lowest BCUT2D eigenvalue weighted by Crippen LogP contribution is -2.32. The van der Waals surface area contributed by atoms with Gasteiger partial charge in [-0.05, 0) is 31.9 Å². The van der Waals surface area contributed by atoms with E-state index in [1.54, 1.807) is 6.07 Å². The molecule has 1 nitrogen and oxygen atoms in total. The zero-order valence-corrected chi connectivity index (χ0v) is 9.64. The lowest BCUT2D eigenvalue weighted by molar-refractivity contribution is 0.509. The molecule has 1 atom stereocenters. The molecule has 0 amide bonds. The first-order chi connectivity index (χ1) is 6.58. The first kappa shape index (κ1) is 10.1. The Labute approximate surface area is 91.6 Å². The molecule has 2 N–H and O–H groups in total. The van der Waals surface area contributed by atoms with Crippen molar-refractivity contribution in [3.63, 3.8) is 0 Å². The maximum atomic E-state index is 13.7. The fraction of sp³-hybridized carbons (Fsp3) is 0.455. The Morgan fingerprint density at radius 3 is 2.57 bits per heavy atom. The van der Waals surface area contributed by atoms with Crippen molar-refractivity contribution < 1.29 is 4.39 Å². The van der Waals surface area contributed by atoms with Gasteiger partial charge in [-0.3, -0.25) is 0 Å². The normalized spacial score (nSPS) is 20.6. The van der Waals surface area contributed by atoms with Gasteiger partial charge >= 0.3 is 0 Å². The number of benzene rings is 1. The third-order valence-electron chi connectivity index (χ3n) is 3.12. The Kier molecular flexibility index (Phi) is 2.40. The van der Waals surface area contributed by atoms with E-state index in [0.29, 0.717) is 0 Å². The Bertz CT molecular complexity index is 338. The molecule has 1 saturated carbocycles. The Balaban J connectivity index is 2.51. The average molecular weight is 258 g/mol. The van der Waals surface area contributed by atoms with Gasteiger partial charge in [-0.1, -0.05) is 22.0 Å². The van der Waals surface area contributed by atoms with Crippen molar-refractivity contribution in [1.82, 2.24) is 0 Å². The van der Waals surface area contributed by atoms with Crippen LogP contribution in [0, 0.1) is 5.82 Å². The molecule has 0 bridgehead atoms. The van der Waals surface area contributed by atoms with Crippen molar-refractivity contribution in [3.8, 4) is 0 Å². The summed E-state index contributed by atoms with van der Waals surface area (Å²) in [4.78, 5) is 0. The van der Waals surface area contributed by atoms with Crippen molar-refractivity contribution in [2.45, 2.75) is 31.2 Å². The van der Waals surface area contributed by atoms with Crippen LogP contribution in [-0.4, -0.2) is 6.04 Å². The van der Waals surface area contributed by atoms with Crippen LogP contribution in [-0.2, 0) is 5.41 Å². The van der Waals surface area contributed by atoms with Gasteiger partial charge in [0, 0.05) is 21.5 Å². The molecule has 1 aliphatic rings. The van der Waals surface area contributed by atoms with Gasteiger partial charge in [-0.15, -0.1) is 0 Å². The predicted octanol–water partition coefficient (Wildman–Crippen LogP) is 2.97. The molecule has 0 saturated heterocycles. The monoisotopic (exact) mass is 257 g/mol. The molecule has 0 aromatic heterocycles. The van der Waals surface area contributed by atoms with Crippen LogP contribution in [0.1, 0.15) is 25.3 Å². The molecule has 76 valence electrons.